The van der Waals surface area contributed by atoms with Crippen molar-refractivity contribution >= 4 is 43.6 Å². The highest BCUT2D eigenvalue weighted by atomic mass is 16.8. The zero-order chi connectivity index (χ0) is 72.6. The molecule has 0 radical (unpaired) electrons. The van der Waals surface area contributed by atoms with Crippen LogP contribution in [0.15, 0.2) is 0 Å². The van der Waals surface area contributed by atoms with Crippen LogP contribution in [0.1, 0.15) is 28.2 Å². The van der Waals surface area contributed by atoms with E-state index in [4.69, 9.17) is 92.0 Å². The van der Waals surface area contributed by atoms with Crippen molar-refractivity contribution in [2.45, 2.75) is 244 Å². The summed E-state index contributed by atoms with van der Waals surface area (Å²) in [5.41, 5.74) is 10.8. The summed E-state index contributed by atoms with van der Waals surface area (Å²) < 4.78 is 96.6. The van der Waals surface area contributed by atoms with Crippen molar-refractivity contribution in [3.05, 3.63) is 0 Å². The number of rotatable bonds is 30. The minimum atomic E-state index is -2.15. The van der Waals surface area contributed by atoms with Gasteiger partial charge in [-0.05, 0) is 0 Å². The summed E-state index contributed by atoms with van der Waals surface area (Å²) in [5, 5.41) is 176. The zero-order valence-corrected chi connectivity index (χ0v) is 52.0. The Morgan fingerprint density at radius 2 is 0.606 bits per heavy atom. The third-order valence-electron chi connectivity index (χ3n) is 15.7. The molecule has 7 rings (SSSR count). The van der Waals surface area contributed by atoms with Crippen LogP contribution in [0.4, 0.5) is 0 Å². The van der Waals surface area contributed by atoms with Crippen LogP contribution in [0.25, 0.3) is 0 Å². The van der Waals surface area contributed by atoms with Crippen LogP contribution < -0.4 is 27.4 Å². The summed E-state index contributed by atoms with van der Waals surface area (Å²) in [7, 11) is 0. The summed E-state index contributed by atoms with van der Waals surface area (Å²) in [6.45, 7) is -0.00801. The average Bonchev–Trinajstić information content (AvgIpc) is 0.779. The van der Waals surface area contributed by atoms with Gasteiger partial charge in [0.15, 0.2) is 62.3 Å². The third-order valence-corrected chi connectivity index (χ3v) is 15.7. The lowest BCUT2D eigenvalue weighted by atomic mass is 9.95. The van der Waals surface area contributed by atoms with E-state index in [-0.39, 0.29) is 59.6 Å². The Labute approximate surface area is 560 Å². The molecular formula is C53H89N5O41. The molecule has 23 N–H and O–H groups in total. The Bertz CT molecular complexity index is 2500. The first-order chi connectivity index (χ1) is 46.6. The molecule has 0 bridgehead atoms. The predicted molar refractivity (Wildman–Crippen MR) is 302 cm³/mol. The second kappa shape index (κ2) is 39.6. The third kappa shape index (κ3) is 20.7. The van der Waals surface area contributed by atoms with E-state index < -0.39 is 253 Å². The van der Waals surface area contributed by atoms with E-state index in [1.165, 1.54) is 0 Å². The van der Waals surface area contributed by atoms with Gasteiger partial charge in [0, 0.05) is 33.9 Å². The summed E-state index contributed by atoms with van der Waals surface area (Å²) in [5.74, 6) is -2.22. The van der Waals surface area contributed by atoms with Gasteiger partial charge in [-0.15, -0.1) is 0 Å². The normalized spacial score (nSPS) is 43.8. The number of aliphatic hydroxyl groups is 16. The van der Waals surface area contributed by atoms with E-state index in [9.17, 15) is 115 Å². The summed E-state index contributed by atoms with van der Waals surface area (Å²) >= 11 is 0. The molecule has 0 spiro atoms. The highest BCUT2D eigenvalue weighted by molar-refractivity contribution is 5.74. The number of hydrogen-bond acceptors (Lipinski definition) is 43. The molecule has 46 nitrogen and oxygen atoms in total. The van der Waals surface area contributed by atoms with Crippen molar-refractivity contribution in [3.63, 3.8) is 0 Å². The van der Waals surface area contributed by atoms with Crippen molar-refractivity contribution in [2.75, 3.05) is 46.1 Å². The van der Waals surface area contributed by atoms with Gasteiger partial charge in [-0.1, -0.05) is 7.43 Å². The number of ether oxygens (including phenoxy) is 18. The predicted octanol–water partition coefficient (Wildman–Crippen LogP) is -15.7. The highest BCUT2D eigenvalue weighted by Gasteiger charge is 2.59. The van der Waals surface area contributed by atoms with Crippen LogP contribution >= 0.6 is 0 Å². The molecule has 0 aromatic heterocycles. The molecule has 7 fully saturated rings. The van der Waals surface area contributed by atoms with E-state index in [1.807, 2.05) is 0 Å². The maximum absolute atomic E-state index is 12.3. The van der Waals surface area contributed by atoms with Crippen LogP contribution in [-0.2, 0) is 119 Å². The molecule has 7 heterocycles. The molecule has 14 unspecified atom stereocenters. The Balaban J connectivity index is 0.000000368. The molecule has 572 valence electrons. The summed E-state index contributed by atoms with van der Waals surface area (Å²) in [6, 6.07) is -4.75. The van der Waals surface area contributed by atoms with Gasteiger partial charge in [0.25, 0.3) is 25.9 Å². The molecule has 7 aliphatic rings. The Kier molecular flexibility index (Phi) is 33.9. The second-order valence-electron chi connectivity index (χ2n) is 22.5. The van der Waals surface area contributed by atoms with Crippen LogP contribution in [0, 0.1) is 0 Å². The molecule has 99 heavy (non-hydrogen) atoms. The van der Waals surface area contributed by atoms with E-state index in [2.05, 4.69) is 20.7 Å². The fourth-order valence-electron chi connectivity index (χ4n) is 11.0. The highest BCUT2D eigenvalue weighted by Crippen LogP contribution is 2.37. The van der Waals surface area contributed by atoms with Gasteiger partial charge in [-0.3, -0.25) is 33.6 Å². The molecular weight excluding hydrogens is 1360 g/mol. The maximum atomic E-state index is 12.3. The first-order valence-electron chi connectivity index (χ1n) is 29.9. The molecule has 7 saturated heterocycles. The Morgan fingerprint density at radius 3 is 0.929 bits per heavy atom. The first-order valence-corrected chi connectivity index (χ1v) is 29.9. The Hall–Kier alpha value is -4.99. The molecule has 0 aromatic carbocycles. The van der Waals surface area contributed by atoms with Crippen LogP contribution in [-0.4, -0.2) is 387 Å². The van der Waals surface area contributed by atoms with Crippen molar-refractivity contribution in [1.82, 2.24) is 16.0 Å². The lowest BCUT2D eigenvalue weighted by Crippen LogP contribution is -2.70. The number of amides is 3. The minimum absolute atomic E-state index is 0. The van der Waals surface area contributed by atoms with E-state index in [0.29, 0.717) is 0 Å². The maximum Gasteiger partial charge on any atom is 0.295 e. The average molecular weight is 1450 g/mol. The number of nitrogens with one attached hydrogen (secondary N) is 3. The fraction of sp³-hybridized carbons (Fsp3) is 0.868. The molecule has 0 saturated carbocycles. The fourth-order valence-corrected chi connectivity index (χ4v) is 11.0. The van der Waals surface area contributed by atoms with Gasteiger partial charge >= 0.3 is 0 Å². The summed E-state index contributed by atoms with van der Waals surface area (Å²) in [6.07, 6.45) is -57.5. The number of nitrogens with two attached hydrogens (primary N) is 2. The number of carbonyl (C=O) groups is 7. The molecule has 0 aromatic rings. The van der Waals surface area contributed by atoms with E-state index in [0.717, 1.165) is 20.8 Å². The lowest BCUT2D eigenvalue weighted by Gasteiger charge is -2.49. The smallest absolute Gasteiger partial charge is 0.295 e. The van der Waals surface area contributed by atoms with E-state index in [1.54, 1.807) is 0 Å². The van der Waals surface area contributed by atoms with Crippen molar-refractivity contribution in [2.24, 2.45) is 11.5 Å². The Morgan fingerprint density at radius 1 is 0.333 bits per heavy atom. The van der Waals surface area contributed by atoms with Gasteiger partial charge in [0.2, 0.25) is 42.9 Å². The monoisotopic (exact) mass is 1450 g/mol. The van der Waals surface area contributed by atoms with Gasteiger partial charge in [0.1, 0.15) is 128 Å². The number of hydrogen-bond donors (Lipinski definition) is 21. The zero-order valence-electron chi connectivity index (χ0n) is 52.0. The van der Waals surface area contributed by atoms with Crippen molar-refractivity contribution in [1.29, 1.82) is 0 Å². The number of carbonyl (C=O) groups excluding carboxylic acids is 7. The summed E-state index contributed by atoms with van der Waals surface area (Å²) in [4.78, 5) is 80.8. The van der Waals surface area contributed by atoms with Gasteiger partial charge in [-0.2, -0.15) is 0 Å². The minimum Gasteiger partial charge on any atom is -0.435 e. The SMILES string of the molecule is C.CC(=O)NC1[C@@H](O[C@@H]2C(OC=O)O[C@@H](OCCN)C(O)[C@H]2O)OC(CO)[C@@H](O[C@@H]2OC(OC=O)[C@@H](O)[C@H](O)C2O)[C@@H]1O.CC(=O)NC1[C@@H](O[C@@H]2C(OC=O)O[C@@H](O[C@@H]3C(CO)O[C@H](O[C@@H]4C(OC=O)O[C@@H](OCCN)C(O)[C@H]4O)C(NC(C)=O)[C@H]3O)C(O)[C@H]2O)OC(CO)[C@@H](O)[C@@H]1O. The standard InChI is InChI=1S/C30H49N3O23.C22H36N2O18.CH4/c1-9(38)32-13-16(41)15(40)11(5-34)50-25(13)53-24-19(44)21(46)28(56-30(24)49-8-37)52-22-12(6-35)51-26(14(17(22)42)33-10(2)39)54-23-18(43)20(45)27(47-4-3-31)55-29(23)48-7-36;1-7(28)24-9-10(29)16(39-21-14(33)11(30)13(32)20(41-21)36-5-26)8(4-25)38-18(9)40-17-12(31)15(34)19(35-3-2-23)42-22(17)37-6-27;/h7-8,11-30,34-35,40-46H,3-6,31H2,1-2H3,(H,32,38)(H,33,39);5-6,8-22,25,29-34H,2-4,23H2,1H3,(H,24,28);1H4/t11?,12?,13?,14?,15-,16-,17-,18-,19-,20?,21?,22-,23+,24+,25-,26-,27-,28-,29?,30?;8?,9?,10-,11+,12-,13+,14?,15?,16-,17+,18-,19-,20?,21-,22?;/m11./s1. The topological polar surface area (TPSA) is 697 Å². The van der Waals surface area contributed by atoms with Gasteiger partial charge < -0.3 is 194 Å². The second-order valence-corrected chi connectivity index (χ2v) is 22.5. The quantitative estimate of drug-likeness (QED) is 0.0235. The molecule has 35 atom stereocenters. The van der Waals surface area contributed by atoms with Crippen molar-refractivity contribution in [3.8, 4) is 0 Å². The van der Waals surface area contributed by atoms with Crippen molar-refractivity contribution < 1.29 is 201 Å². The molecule has 46 heteroatoms. The van der Waals surface area contributed by atoms with E-state index >= 15 is 0 Å². The van der Waals surface area contributed by atoms with Crippen LogP contribution in [0.5, 0.6) is 0 Å². The first kappa shape index (κ1) is 84.7. The molecule has 0 aliphatic carbocycles. The molecule has 3 amide bonds. The molecule has 7 aliphatic heterocycles. The van der Waals surface area contributed by atoms with Crippen LogP contribution in [0.3, 0.4) is 0 Å². The van der Waals surface area contributed by atoms with Gasteiger partial charge in [-0.25, -0.2) is 0 Å². The number of aliphatic hydroxyl groups excluding tert-OH is 16. The van der Waals surface area contributed by atoms with Gasteiger partial charge in [0.05, 0.1) is 33.0 Å². The van der Waals surface area contributed by atoms with Crippen LogP contribution in [0.2, 0.25) is 0 Å². The lowest BCUT2D eigenvalue weighted by molar-refractivity contribution is -0.398. The largest absolute Gasteiger partial charge is 0.435 e.